The van der Waals surface area contributed by atoms with Crippen molar-refractivity contribution < 1.29 is 38.1 Å². The number of nitrogens with one attached hydrogen (secondary N) is 1. The van der Waals surface area contributed by atoms with Crippen LogP contribution in [-0.2, 0) is 33.3 Å². The van der Waals surface area contributed by atoms with Gasteiger partial charge in [0.1, 0.15) is 6.10 Å². The molecule has 5 atom stereocenters. The molecule has 140 valence electrons. The average molecular weight is 357 g/mol. The molecule has 1 saturated heterocycles. The molecule has 9 heteroatoms. The Bertz CT molecular complexity index is 512. The van der Waals surface area contributed by atoms with Crippen molar-refractivity contribution in [2.24, 2.45) is 17.8 Å². The van der Waals surface area contributed by atoms with Crippen LogP contribution in [-0.4, -0.2) is 56.0 Å². The highest BCUT2D eigenvalue weighted by atomic mass is 16.6. The minimum absolute atomic E-state index is 0.0303. The highest BCUT2D eigenvalue weighted by molar-refractivity contribution is 5.69. The molecule has 1 heterocycles. The Morgan fingerprint density at radius 2 is 1.40 bits per heavy atom. The zero-order chi connectivity index (χ0) is 18.6. The van der Waals surface area contributed by atoms with Gasteiger partial charge in [-0.15, -0.1) is 0 Å². The first-order chi connectivity index (χ1) is 11.8. The van der Waals surface area contributed by atoms with Crippen LogP contribution in [0.4, 0.5) is 4.79 Å². The van der Waals surface area contributed by atoms with Crippen molar-refractivity contribution >= 4 is 24.0 Å². The number of hydrogen-bond acceptors (Lipinski definition) is 8. The molecule has 1 N–H and O–H groups in total. The maximum atomic E-state index is 11.8. The number of alkyl carbamates (subject to hydrolysis) is 1. The van der Waals surface area contributed by atoms with Gasteiger partial charge in [0.2, 0.25) is 0 Å². The summed E-state index contributed by atoms with van der Waals surface area (Å²) in [4.78, 5) is 45.4. The van der Waals surface area contributed by atoms with Crippen molar-refractivity contribution in [1.82, 2.24) is 5.32 Å². The molecule has 0 aromatic carbocycles. The molecule has 2 fully saturated rings. The summed E-state index contributed by atoms with van der Waals surface area (Å²) in [5.41, 5.74) is 0. The first-order valence-electron chi connectivity index (χ1n) is 8.15. The molecule has 9 nitrogen and oxygen atoms in total. The van der Waals surface area contributed by atoms with Gasteiger partial charge >= 0.3 is 24.0 Å². The summed E-state index contributed by atoms with van der Waals surface area (Å²) < 4.78 is 20.7. The number of carbonyl (C=O) groups is 4. The summed E-state index contributed by atoms with van der Waals surface area (Å²) in [5.74, 6) is -2.28. The van der Waals surface area contributed by atoms with Crippen LogP contribution in [0.25, 0.3) is 0 Å². The van der Waals surface area contributed by atoms with Crippen LogP contribution >= 0.6 is 0 Å². The topological polar surface area (TPSA) is 117 Å². The number of carbonyl (C=O) groups excluding carboxylic acids is 4. The second-order valence-corrected chi connectivity index (χ2v) is 6.33. The molecular formula is C16H23NO8. The van der Waals surface area contributed by atoms with E-state index < -0.39 is 30.1 Å². The molecule has 2 aliphatic rings. The normalized spacial score (nSPS) is 30.5. The third-order valence-corrected chi connectivity index (χ3v) is 4.58. The molecule has 0 aromatic rings. The van der Waals surface area contributed by atoms with Gasteiger partial charge in [-0.3, -0.25) is 14.4 Å². The molecule has 25 heavy (non-hydrogen) atoms. The smallest absolute Gasteiger partial charge is 0.407 e. The van der Waals surface area contributed by atoms with Crippen LogP contribution in [0.15, 0.2) is 0 Å². The van der Waals surface area contributed by atoms with Gasteiger partial charge in [0.15, 0.2) is 0 Å². The fourth-order valence-corrected chi connectivity index (χ4v) is 3.47. The van der Waals surface area contributed by atoms with Crippen molar-refractivity contribution in [3.8, 4) is 0 Å². The van der Waals surface area contributed by atoms with E-state index >= 15 is 0 Å². The number of fused-ring (bicyclic) bond motifs is 2. The van der Waals surface area contributed by atoms with E-state index in [0.717, 1.165) is 0 Å². The van der Waals surface area contributed by atoms with Gasteiger partial charge in [-0.25, -0.2) is 4.79 Å². The van der Waals surface area contributed by atoms with Crippen LogP contribution in [0.5, 0.6) is 0 Å². The molecule has 2 rings (SSSR count). The van der Waals surface area contributed by atoms with Crippen LogP contribution in [0.3, 0.4) is 0 Å². The second kappa shape index (κ2) is 8.17. The molecule has 0 aromatic heterocycles. The van der Waals surface area contributed by atoms with Gasteiger partial charge in [0.25, 0.3) is 0 Å². The summed E-state index contributed by atoms with van der Waals surface area (Å²) in [6.07, 6.45) is -0.528. The summed E-state index contributed by atoms with van der Waals surface area (Å²) in [7, 11) is 0. The van der Waals surface area contributed by atoms with Gasteiger partial charge in [-0.05, 0) is 0 Å². The summed E-state index contributed by atoms with van der Waals surface area (Å²) in [6.45, 7) is 4.03. The lowest BCUT2D eigenvalue weighted by molar-refractivity contribution is -0.161. The fraction of sp³-hybridized carbons (Fsp3) is 0.750. The summed E-state index contributed by atoms with van der Waals surface area (Å²) in [5, 5.41) is 2.72. The monoisotopic (exact) mass is 357 g/mol. The van der Waals surface area contributed by atoms with E-state index in [9.17, 15) is 19.2 Å². The predicted molar refractivity (Wildman–Crippen MR) is 82.2 cm³/mol. The third kappa shape index (κ3) is 5.07. The zero-order valence-corrected chi connectivity index (χ0v) is 14.5. The van der Waals surface area contributed by atoms with Crippen molar-refractivity contribution in [2.75, 3.05) is 19.8 Å². The molecule has 1 saturated carbocycles. The van der Waals surface area contributed by atoms with Gasteiger partial charge in [-0.1, -0.05) is 0 Å². The van der Waals surface area contributed by atoms with E-state index in [-0.39, 0.29) is 43.6 Å². The van der Waals surface area contributed by atoms with Crippen molar-refractivity contribution in [2.45, 2.75) is 39.3 Å². The van der Waals surface area contributed by atoms with Crippen molar-refractivity contribution in [1.29, 1.82) is 0 Å². The molecule has 5 unspecified atom stereocenters. The van der Waals surface area contributed by atoms with E-state index in [1.54, 1.807) is 0 Å². The Balaban J connectivity index is 2.23. The Labute approximate surface area is 145 Å². The maximum absolute atomic E-state index is 11.8. The van der Waals surface area contributed by atoms with E-state index in [1.165, 1.54) is 20.8 Å². The summed E-state index contributed by atoms with van der Waals surface area (Å²) in [6, 6.07) is -0.278. The fourth-order valence-electron chi connectivity index (χ4n) is 3.47. The van der Waals surface area contributed by atoms with Crippen LogP contribution in [0, 0.1) is 17.8 Å². The molecule has 2 bridgehead atoms. The van der Waals surface area contributed by atoms with Gasteiger partial charge in [0, 0.05) is 51.0 Å². The standard InChI is InChI=1S/C16H23NO8/c1-8(18)22-5-11-12(6-23-9(2)19)14-4-15(25-16(21)17-14)13(11)7-24-10(3)20/h11-15H,4-7H2,1-3H3,(H,17,21). The number of rotatable bonds is 6. The average Bonchev–Trinajstić information content (AvgIpc) is 2.50. The number of hydrogen-bond donors (Lipinski definition) is 1. The second-order valence-electron chi connectivity index (χ2n) is 6.33. The van der Waals surface area contributed by atoms with Crippen LogP contribution in [0.1, 0.15) is 27.2 Å². The molecule has 0 spiro atoms. The number of amides is 1. The molecule has 1 aliphatic carbocycles. The maximum Gasteiger partial charge on any atom is 0.407 e. The largest absolute Gasteiger partial charge is 0.466 e. The molecule has 1 amide bonds. The van der Waals surface area contributed by atoms with Crippen LogP contribution < -0.4 is 5.32 Å². The lowest BCUT2D eigenvalue weighted by atomic mass is 9.68. The Morgan fingerprint density at radius 3 is 1.92 bits per heavy atom. The number of esters is 3. The highest BCUT2D eigenvalue weighted by Gasteiger charge is 2.50. The van der Waals surface area contributed by atoms with E-state index in [0.29, 0.717) is 6.42 Å². The Morgan fingerprint density at radius 1 is 0.920 bits per heavy atom. The van der Waals surface area contributed by atoms with Crippen LogP contribution in [0.2, 0.25) is 0 Å². The molecule has 1 aliphatic heterocycles. The lowest BCUT2D eigenvalue weighted by Crippen LogP contribution is -2.61. The minimum Gasteiger partial charge on any atom is -0.466 e. The first kappa shape index (κ1) is 19.0. The minimum atomic E-state index is -0.562. The van der Waals surface area contributed by atoms with Crippen molar-refractivity contribution in [3.05, 3.63) is 0 Å². The Hall–Kier alpha value is -2.32. The predicted octanol–water partition coefficient (Wildman–Crippen LogP) is 0.405. The lowest BCUT2D eigenvalue weighted by Gasteiger charge is -2.48. The van der Waals surface area contributed by atoms with E-state index in [2.05, 4.69) is 5.32 Å². The van der Waals surface area contributed by atoms with E-state index in [1.807, 2.05) is 0 Å². The Kier molecular flexibility index (Phi) is 6.22. The van der Waals surface area contributed by atoms with Gasteiger partial charge in [0.05, 0.1) is 19.8 Å². The molecular weight excluding hydrogens is 334 g/mol. The quantitative estimate of drug-likeness (QED) is 0.536. The van der Waals surface area contributed by atoms with Gasteiger partial charge < -0.3 is 24.3 Å². The van der Waals surface area contributed by atoms with Crippen molar-refractivity contribution in [3.63, 3.8) is 0 Å². The summed E-state index contributed by atoms with van der Waals surface area (Å²) >= 11 is 0. The zero-order valence-electron chi connectivity index (χ0n) is 14.5. The third-order valence-electron chi connectivity index (χ3n) is 4.58. The molecule has 0 radical (unpaired) electrons. The van der Waals surface area contributed by atoms with Gasteiger partial charge in [-0.2, -0.15) is 0 Å². The SMILES string of the molecule is CC(=O)OCC1C2CC(OC(=O)N2)C(COC(C)=O)C1COC(C)=O. The van der Waals surface area contributed by atoms with E-state index in [4.69, 9.17) is 18.9 Å². The first-order valence-corrected chi connectivity index (χ1v) is 8.15. The number of ether oxygens (including phenoxy) is 4. The highest BCUT2D eigenvalue weighted by Crippen LogP contribution is 2.40.